The molecule has 0 fully saturated rings. The Morgan fingerprint density at radius 3 is 1.97 bits per heavy atom. The summed E-state index contributed by atoms with van der Waals surface area (Å²) in [6, 6.07) is 35.5. The van der Waals surface area contributed by atoms with Crippen molar-refractivity contribution in [2.75, 3.05) is 7.11 Å². The summed E-state index contributed by atoms with van der Waals surface area (Å²) in [5, 5.41) is 4.66. The molecule has 2 nitrogen and oxygen atoms in total. The molecular formula is C30H23NO. The summed E-state index contributed by atoms with van der Waals surface area (Å²) >= 11 is 0. The van der Waals surface area contributed by atoms with Gasteiger partial charge in [-0.2, -0.15) is 0 Å². The quantitative estimate of drug-likeness (QED) is 0.267. The molecular weight excluding hydrogens is 390 g/mol. The molecule has 32 heavy (non-hydrogen) atoms. The first-order valence-corrected chi connectivity index (χ1v) is 10.7. The molecule has 0 saturated heterocycles. The third kappa shape index (κ3) is 3.79. The van der Waals surface area contributed by atoms with Crippen LogP contribution in [-0.4, -0.2) is 13.3 Å². The molecule has 0 aromatic heterocycles. The Balaban J connectivity index is 1.72. The van der Waals surface area contributed by atoms with E-state index >= 15 is 0 Å². The van der Waals surface area contributed by atoms with E-state index < -0.39 is 0 Å². The number of aliphatic imine (C=N–C) groups is 1. The van der Waals surface area contributed by atoms with Crippen molar-refractivity contribution in [3.8, 4) is 16.9 Å². The molecule has 2 heteroatoms. The number of nitrogens with zero attached hydrogens (tertiary/aromatic N) is 1. The lowest BCUT2D eigenvalue weighted by atomic mass is 9.91. The van der Waals surface area contributed by atoms with Crippen LogP contribution in [0.25, 0.3) is 38.7 Å². The van der Waals surface area contributed by atoms with E-state index in [1.165, 1.54) is 10.8 Å². The summed E-state index contributed by atoms with van der Waals surface area (Å²) in [5.74, 6) is 0.844. The molecule has 0 amide bonds. The fourth-order valence-corrected chi connectivity index (χ4v) is 4.15. The fourth-order valence-electron chi connectivity index (χ4n) is 4.15. The summed E-state index contributed by atoms with van der Waals surface area (Å²) in [5.41, 5.74) is 4.21. The second-order valence-electron chi connectivity index (χ2n) is 7.59. The summed E-state index contributed by atoms with van der Waals surface area (Å²) in [4.78, 5) is 4.86. The highest BCUT2D eigenvalue weighted by Gasteiger charge is 2.17. The van der Waals surface area contributed by atoms with Gasteiger partial charge in [0.05, 0.1) is 12.8 Å². The van der Waals surface area contributed by atoms with Crippen LogP contribution in [0.1, 0.15) is 5.56 Å². The van der Waals surface area contributed by atoms with Crippen molar-refractivity contribution in [2.24, 2.45) is 4.99 Å². The lowest BCUT2D eigenvalue weighted by Gasteiger charge is -2.16. The highest BCUT2D eigenvalue weighted by Crippen LogP contribution is 2.45. The fraction of sp³-hybridized carbons (Fsp3) is 0.0333. The summed E-state index contributed by atoms with van der Waals surface area (Å²) in [6.07, 6.45) is 5.90. The second kappa shape index (κ2) is 8.91. The first-order valence-electron chi connectivity index (χ1n) is 10.7. The van der Waals surface area contributed by atoms with Crippen molar-refractivity contribution in [3.05, 3.63) is 115 Å². The van der Waals surface area contributed by atoms with Gasteiger partial charge in [-0.3, -0.25) is 4.99 Å². The molecule has 5 aromatic carbocycles. The van der Waals surface area contributed by atoms with Gasteiger partial charge in [-0.05, 0) is 45.3 Å². The summed E-state index contributed by atoms with van der Waals surface area (Å²) < 4.78 is 5.83. The van der Waals surface area contributed by atoms with Crippen LogP contribution in [0, 0.1) is 0 Å². The molecule has 154 valence electrons. The molecule has 0 aliphatic heterocycles. The van der Waals surface area contributed by atoms with Crippen LogP contribution in [0.15, 0.2) is 114 Å². The Labute approximate surface area is 188 Å². The minimum absolute atomic E-state index is 0.844. The average molecular weight is 414 g/mol. The van der Waals surface area contributed by atoms with Gasteiger partial charge in [0.25, 0.3) is 0 Å². The molecule has 0 heterocycles. The van der Waals surface area contributed by atoms with E-state index in [1.807, 2.05) is 36.6 Å². The molecule has 5 rings (SSSR count). The van der Waals surface area contributed by atoms with Crippen LogP contribution in [-0.2, 0) is 0 Å². The molecule has 0 unspecified atom stereocenters. The maximum absolute atomic E-state index is 5.83. The van der Waals surface area contributed by atoms with Crippen LogP contribution in [0.2, 0.25) is 0 Å². The predicted octanol–water partition coefficient (Wildman–Crippen LogP) is 8.08. The number of hydrogen-bond donors (Lipinski definition) is 0. The van der Waals surface area contributed by atoms with Crippen molar-refractivity contribution in [2.45, 2.75) is 0 Å². The van der Waals surface area contributed by atoms with Gasteiger partial charge in [0, 0.05) is 17.3 Å². The number of benzene rings is 5. The minimum atomic E-state index is 0.844. The first kappa shape index (κ1) is 19.8. The standard InChI is InChI=1S/C30H23NO/c1-32-28-20-18-24-14-6-8-16-26(24)30(28)29-25-15-7-5-13-23(25)17-19-27(29)31-21-9-12-22-10-3-2-4-11-22/h2-21H,1H3/b12-9+,31-21?. The molecule has 0 N–H and O–H groups in total. The molecule has 5 aromatic rings. The van der Waals surface area contributed by atoms with Gasteiger partial charge in [0.1, 0.15) is 5.75 Å². The van der Waals surface area contributed by atoms with E-state index in [4.69, 9.17) is 9.73 Å². The monoisotopic (exact) mass is 413 g/mol. The van der Waals surface area contributed by atoms with Crippen molar-refractivity contribution in [3.63, 3.8) is 0 Å². The van der Waals surface area contributed by atoms with Gasteiger partial charge in [0.15, 0.2) is 0 Å². The topological polar surface area (TPSA) is 21.6 Å². The SMILES string of the molecule is COc1ccc2ccccc2c1-c1c(N=C/C=C/c2ccccc2)ccc2ccccc12. The molecule has 0 spiro atoms. The average Bonchev–Trinajstić information content (AvgIpc) is 2.86. The second-order valence-corrected chi connectivity index (χ2v) is 7.59. The number of ether oxygens (including phenoxy) is 1. The van der Waals surface area contributed by atoms with Crippen LogP contribution < -0.4 is 4.74 Å². The normalized spacial score (nSPS) is 11.7. The summed E-state index contributed by atoms with van der Waals surface area (Å²) in [7, 11) is 1.73. The minimum Gasteiger partial charge on any atom is -0.496 e. The van der Waals surface area contributed by atoms with E-state index in [0.29, 0.717) is 0 Å². The molecule has 0 aliphatic carbocycles. The zero-order valence-electron chi connectivity index (χ0n) is 17.9. The van der Waals surface area contributed by atoms with Crippen molar-refractivity contribution in [1.82, 2.24) is 0 Å². The van der Waals surface area contributed by atoms with Crippen LogP contribution in [0.5, 0.6) is 5.75 Å². The zero-order chi connectivity index (χ0) is 21.8. The van der Waals surface area contributed by atoms with Crippen molar-refractivity contribution < 1.29 is 4.74 Å². The van der Waals surface area contributed by atoms with Crippen LogP contribution in [0.3, 0.4) is 0 Å². The van der Waals surface area contributed by atoms with E-state index in [2.05, 4.69) is 84.9 Å². The number of fused-ring (bicyclic) bond motifs is 2. The number of rotatable bonds is 5. The number of allylic oxidation sites excluding steroid dienone is 1. The Morgan fingerprint density at radius 1 is 0.625 bits per heavy atom. The van der Waals surface area contributed by atoms with E-state index in [-0.39, 0.29) is 0 Å². The highest BCUT2D eigenvalue weighted by atomic mass is 16.5. The largest absolute Gasteiger partial charge is 0.496 e. The lowest BCUT2D eigenvalue weighted by molar-refractivity contribution is 0.417. The van der Waals surface area contributed by atoms with E-state index in [0.717, 1.165) is 38.9 Å². The smallest absolute Gasteiger partial charge is 0.127 e. The van der Waals surface area contributed by atoms with Gasteiger partial charge < -0.3 is 4.74 Å². The third-order valence-electron chi connectivity index (χ3n) is 5.66. The maximum Gasteiger partial charge on any atom is 0.127 e. The molecule has 0 aliphatic rings. The van der Waals surface area contributed by atoms with Gasteiger partial charge in [0.2, 0.25) is 0 Å². The molecule has 0 bridgehead atoms. The third-order valence-corrected chi connectivity index (χ3v) is 5.66. The zero-order valence-corrected chi connectivity index (χ0v) is 17.9. The van der Waals surface area contributed by atoms with Crippen molar-refractivity contribution in [1.29, 1.82) is 0 Å². The van der Waals surface area contributed by atoms with Gasteiger partial charge in [-0.25, -0.2) is 0 Å². The lowest BCUT2D eigenvalue weighted by Crippen LogP contribution is -1.92. The predicted molar refractivity (Wildman–Crippen MR) is 137 cm³/mol. The Hall–Kier alpha value is -4.17. The Morgan fingerprint density at radius 2 is 1.25 bits per heavy atom. The van der Waals surface area contributed by atoms with Gasteiger partial charge in [-0.15, -0.1) is 0 Å². The molecule has 0 atom stereocenters. The highest BCUT2D eigenvalue weighted by molar-refractivity contribution is 6.11. The Bertz CT molecular complexity index is 1450. The van der Waals surface area contributed by atoms with Crippen LogP contribution >= 0.6 is 0 Å². The van der Waals surface area contributed by atoms with E-state index in [9.17, 15) is 0 Å². The summed E-state index contributed by atoms with van der Waals surface area (Å²) in [6.45, 7) is 0. The van der Waals surface area contributed by atoms with Crippen LogP contribution in [0.4, 0.5) is 5.69 Å². The van der Waals surface area contributed by atoms with Crippen molar-refractivity contribution >= 4 is 39.5 Å². The molecule has 0 radical (unpaired) electrons. The van der Waals surface area contributed by atoms with Gasteiger partial charge >= 0.3 is 0 Å². The molecule has 0 saturated carbocycles. The Kier molecular flexibility index (Phi) is 5.50. The van der Waals surface area contributed by atoms with Gasteiger partial charge in [-0.1, -0.05) is 97.1 Å². The van der Waals surface area contributed by atoms with E-state index in [1.54, 1.807) is 7.11 Å². The maximum atomic E-state index is 5.83. The number of methoxy groups -OCH3 is 1. The number of hydrogen-bond acceptors (Lipinski definition) is 2. The first-order chi connectivity index (χ1) is 15.8.